The van der Waals surface area contributed by atoms with Crippen LogP contribution in [0.3, 0.4) is 0 Å². The van der Waals surface area contributed by atoms with Crippen molar-refractivity contribution < 1.29 is 56.2 Å². The van der Waals surface area contributed by atoms with Crippen molar-refractivity contribution in [3.05, 3.63) is 97.9 Å². The van der Waals surface area contributed by atoms with Crippen molar-refractivity contribution >= 4 is 75.3 Å². The smallest absolute Gasteiger partial charge is 0.465 e. The van der Waals surface area contributed by atoms with Gasteiger partial charge in [-0.05, 0) is 67.9 Å². The number of aromatic nitrogens is 4. The van der Waals surface area contributed by atoms with E-state index in [-0.39, 0.29) is 86.5 Å². The molecule has 3 saturated heterocycles. The Balaban J connectivity index is 0.000000225. The number of ether oxygens (including phenoxy) is 4. The lowest BCUT2D eigenvalue weighted by atomic mass is 9.75. The Morgan fingerprint density at radius 1 is 0.773 bits per heavy atom. The zero-order valence-corrected chi connectivity index (χ0v) is 38.2. The number of amides is 2. The Morgan fingerprint density at radius 2 is 1.20 bits per heavy atom. The molecule has 2 aromatic heterocycles. The number of hydrogen-bond acceptors (Lipinski definition) is 14. The molecule has 3 aliphatic rings. The maximum absolute atomic E-state index is 15.3. The maximum Gasteiger partial charge on any atom is 0.495 e. The van der Waals surface area contributed by atoms with E-state index in [9.17, 15) is 23.6 Å². The third-order valence-corrected chi connectivity index (χ3v) is 12.2. The summed E-state index contributed by atoms with van der Waals surface area (Å²) in [6.45, 7) is 23.6. The fraction of sp³-hybridized carbons (Fsp3) is 0.429. The first-order valence-corrected chi connectivity index (χ1v) is 21.1. The van der Waals surface area contributed by atoms with E-state index in [0.29, 0.717) is 26.1 Å². The lowest BCUT2D eigenvalue weighted by molar-refractivity contribution is 0.00578. The number of benzene rings is 2. The van der Waals surface area contributed by atoms with Gasteiger partial charge in [0.25, 0.3) is 11.8 Å². The van der Waals surface area contributed by atoms with E-state index in [1.165, 1.54) is 33.9 Å². The van der Waals surface area contributed by atoms with Crippen molar-refractivity contribution in [3.63, 3.8) is 0 Å². The lowest BCUT2D eigenvalue weighted by Gasteiger charge is -2.32. The van der Waals surface area contributed by atoms with Gasteiger partial charge in [-0.2, -0.15) is 10.2 Å². The highest BCUT2D eigenvalue weighted by atomic mass is 79.9. The van der Waals surface area contributed by atoms with Gasteiger partial charge in [0, 0.05) is 46.5 Å². The molecule has 66 heavy (non-hydrogen) atoms. The molecule has 24 heteroatoms. The predicted molar refractivity (Wildman–Crippen MR) is 237 cm³/mol. The van der Waals surface area contributed by atoms with Crippen LogP contribution in [0.15, 0.2) is 41.1 Å². The minimum Gasteiger partial charge on any atom is -0.465 e. The van der Waals surface area contributed by atoms with Gasteiger partial charge in [0.15, 0.2) is 11.6 Å². The van der Waals surface area contributed by atoms with E-state index >= 15 is 4.39 Å². The first kappa shape index (κ1) is 49.0. The summed E-state index contributed by atoms with van der Waals surface area (Å²) in [7, 11) is 1.23. The average molecular weight is 980 g/mol. The zero-order chi connectivity index (χ0) is 48.2. The van der Waals surface area contributed by atoms with Crippen molar-refractivity contribution in [2.75, 3.05) is 51.3 Å². The molecule has 4 atom stereocenters. The van der Waals surface area contributed by atoms with Crippen LogP contribution in [0, 0.1) is 24.8 Å². The molecule has 3 aliphatic heterocycles. The van der Waals surface area contributed by atoms with E-state index in [4.69, 9.17) is 48.1 Å². The number of hydrogen-bond donors (Lipinski definition) is 4. The van der Waals surface area contributed by atoms with E-state index in [2.05, 4.69) is 51.2 Å². The Bertz CT molecular complexity index is 2590. The number of rotatable bonds is 11. The molecule has 6 N–H and O–H groups in total. The normalized spacial score (nSPS) is 20.7. The molecule has 2 aromatic carbocycles. The summed E-state index contributed by atoms with van der Waals surface area (Å²) in [5.41, 5.74) is 9.60. The molecule has 348 valence electrons. The van der Waals surface area contributed by atoms with Gasteiger partial charge < -0.3 is 60.0 Å². The standard InChI is InChI=1S/C24H29BFN5O6.C18H17BrFN5O4/c1-23(2)24(3,4)37-25(36-23)15-9-13(10-16(26)19(15)22(33)34-6)29-21-14(20(27)32)11-31(30-21)18-12-35-8-7-17(18)28-5;1-22-13-3-4-29-8-14(13)25-7-10(16(21)26)17(24-25)23-9-5-11(19)15(12(20)6-9)18(27)28-2/h9-11,17-18H,7-8,12H2,1-4,6H3,(H2,27,32)(H,29,30);5-7,13-14H,3-4,8H2,2H3,(H2,21,26)(H,23,24)/t17-,18?;13-,14?/m00/s1. The van der Waals surface area contributed by atoms with Crippen LogP contribution in [0.2, 0.25) is 0 Å². The van der Waals surface area contributed by atoms with Gasteiger partial charge in [0.1, 0.15) is 40.4 Å². The predicted octanol–water partition coefficient (Wildman–Crippen LogP) is 4.86. The number of carbonyl (C=O) groups excluding carboxylic acids is 4. The molecule has 0 radical (unpaired) electrons. The van der Waals surface area contributed by atoms with Gasteiger partial charge in [-0.3, -0.25) is 19.0 Å². The number of nitrogens with zero attached hydrogens (tertiary/aromatic N) is 6. The molecule has 20 nitrogen and oxygen atoms in total. The molecule has 7 rings (SSSR count). The highest BCUT2D eigenvalue weighted by molar-refractivity contribution is 9.10. The van der Waals surface area contributed by atoms with Gasteiger partial charge in [0.05, 0.1) is 57.4 Å². The second-order valence-electron chi connectivity index (χ2n) is 16.3. The molecule has 2 amide bonds. The second kappa shape index (κ2) is 20.0. The van der Waals surface area contributed by atoms with Crippen LogP contribution in [0.4, 0.5) is 31.8 Å². The van der Waals surface area contributed by atoms with Gasteiger partial charge >= 0.3 is 19.1 Å². The summed E-state index contributed by atoms with van der Waals surface area (Å²) >= 11 is 3.14. The van der Waals surface area contributed by atoms with Crippen molar-refractivity contribution in [3.8, 4) is 0 Å². The average Bonchev–Trinajstić information content (AvgIpc) is 3.95. The summed E-state index contributed by atoms with van der Waals surface area (Å²) in [5, 5.41) is 14.5. The Morgan fingerprint density at radius 3 is 1.61 bits per heavy atom. The highest BCUT2D eigenvalue weighted by Crippen LogP contribution is 2.38. The van der Waals surface area contributed by atoms with Crippen LogP contribution >= 0.6 is 15.9 Å². The summed E-state index contributed by atoms with van der Waals surface area (Å²) < 4.78 is 65.2. The molecule has 0 spiro atoms. The molecule has 0 bridgehead atoms. The first-order valence-electron chi connectivity index (χ1n) is 20.3. The van der Waals surface area contributed by atoms with Crippen LogP contribution in [-0.4, -0.2) is 114 Å². The summed E-state index contributed by atoms with van der Waals surface area (Å²) in [6.07, 6.45) is 3.96. The number of nitrogens with one attached hydrogen (secondary N) is 2. The largest absolute Gasteiger partial charge is 0.495 e. The van der Waals surface area contributed by atoms with Gasteiger partial charge in [-0.1, -0.05) is 0 Å². The minimum atomic E-state index is -1.07. The summed E-state index contributed by atoms with van der Waals surface area (Å²) in [4.78, 5) is 55.5. The molecule has 4 aromatic rings. The van der Waals surface area contributed by atoms with Crippen LogP contribution in [0.5, 0.6) is 0 Å². The van der Waals surface area contributed by atoms with Crippen LogP contribution in [0.25, 0.3) is 9.69 Å². The third kappa shape index (κ3) is 10.2. The highest BCUT2D eigenvalue weighted by Gasteiger charge is 2.53. The van der Waals surface area contributed by atoms with Crippen molar-refractivity contribution in [2.24, 2.45) is 11.5 Å². The fourth-order valence-corrected chi connectivity index (χ4v) is 7.89. The minimum absolute atomic E-state index is 0.0453. The number of carbonyl (C=O) groups is 4. The molecular weight excluding hydrogens is 933 g/mol. The Labute approximate surface area is 386 Å². The molecular formula is C42H46BBrF2N10O10. The van der Waals surface area contributed by atoms with Crippen molar-refractivity contribution in [2.45, 2.75) is 75.9 Å². The number of anilines is 4. The van der Waals surface area contributed by atoms with Gasteiger partial charge in [0.2, 0.25) is 12.1 Å². The van der Waals surface area contributed by atoms with Gasteiger partial charge in [-0.25, -0.2) is 31.5 Å². The topological polar surface area (TPSA) is 244 Å². The number of nitrogens with two attached hydrogens (primary N) is 2. The number of methoxy groups -OCH3 is 2. The molecule has 0 saturated carbocycles. The van der Waals surface area contributed by atoms with Gasteiger partial charge in [-0.15, -0.1) is 0 Å². The van der Waals surface area contributed by atoms with E-state index in [1.807, 2.05) is 27.7 Å². The maximum atomic E-state index is 15.3. The van der Waals surface area contributed by atoms with Crippen LogP contribution in [0.1, 0.15) is 94.1 Å². The molecule has 2 unspecified atom stereocenters. The monoisotopic (exact) mass is 978 g/mol. The Kier molecular flexibility index (Phi) is 14.8. The van der Waals surface area contributed by atoms with Crippen LogP contribution in [-0.2, 0) is 28.3 Å². The SMILES string of the molecule is [C-]#[N+][C@H]1CCOCC1n1cc(C(N)=O)c(Nc2cc(F)c(C(=O)OC)c(B3OC(C)(C)C(C)(C)O3)c2)n1.[C-]#[N+][C@H]1CCOCC1n1cc(C(N)=O)c(Nc2cc(F)c(C(=O)OC)c(Br)c2)n1. The van der Waals surface area contributed by atoms with E-state index < -0.39 is 59.7 Å². The lowest BCUT2D eigenvalue weighted by Crippen LogP contribution is -2.41. The molecule has 0 aliphatic carbocycles. The number of esters is 2. The Hall–Kier alpha value is -6.44. The molecule has 3 fully saturated rings. The summed E-state index contributed by atoms with van der Waals surface area (Å²) in [6, 6.07) is 3.57. The second-order valence-corrected chi connectivity index (χ2v) is 17.1. The third-order valence-electron chi connectivity index (χ3n) is 11.6. The fourth-order valence-electron chi connectivity index (χ4n) is 7.29. The molecule has 5 heterocycles. The number of primary amides is 2. The zero-order valence-electron chi connectivity index (χ0n) is 36.6. The quantitative estimate of drug-likeness (QED) is 0.0892. The first-order chi connectivity index (χ1) is 31.2. The van der Waals surface area contributed by atoms with E-state index in [0.717, 1.165) is 26.4 Å². The van der Waals surface area contributed by atoms with E-state index in [1.54, 1.807) is 0 Å². The summed E-state index contributed by atoms with van der Waals surface area (Å²) in [5.74, 6) is -4.75. The van der Waals surface area contributed by atoms with Crippen LogP contribution < -0.4 is 27.6 Å². The van der Waals surface area contributed by atoms with Crippen molar-refractivity contribution in [1.29, 1.82) is 0 Å². The number of halogens is 3. The van der Waals surface area contributed by atoms with Crippen molar-refractivity contribution in [1.82, 2.24) is 19.6 Å².